The minimum atomic E-state index is -0.482. The van der Waals surface area contributed by atoms with Gasteiger partial charge in [-0.2, -0.15) is 0 Å². The number of hydrogen-bond donors (Lipinski definition) is 1. The number of nitrogens with zero attached hydrogens (tertiary/aromatic N) is 2. The zero-order valence-electron chi connectivity index (χ0n) is 18.2. The highest BCUT2D eigenvalue weighted by Crippen LogP contribution is 2.38. The van der Waals surface area contributed by atoms with E-state index in [9.17, 15) is 19.1 Å². The number of ether oxygens (including phenoxy) is 1. The predicted octanol–water partition coefficient (Wildman–Crippen LogP) is 3.96. The minimum absolute atomic E-state index is 0.151. The molecule has 1 saturated heterocycles. The Morgan fingerprint density at radius 1 is 1.21 bits per heavy atom. The van der Waals surface area contributed by atoms with Gasteiger partial charge in [0.05, 0.1) is 24.8 Å². The van der Waals surface area contributed by atoms with Crippen LogP contribution in [0.4, 0.5) is 4.39 Å². The SMILES string of the molecule is C=CC(=O)N1CCN(C(=O)CCc2cc(-c3cc(F)ccc3Cl)c(Cl)cc2OC)C(CO)C1. The second-order valence-corrected chi connectivity index (χ2v) is 8.49. The average Bonchev–Trinajstić information content (AvgIpc) is 2.83. The molecular formula is C24H25Cl2FN2O4. The molecule has 1 unspecified atom stereocenters. The van der Waals surface area contributed by atoms with Gasteiger partial charge in [-0.1, -0.05) is 29.8 Å². The van der Waals surface area contributed by atoms with E-state index >= 15 is 0 Å². The van der Waals surface area contributed by atoms with Crippen LogP contribution in [-0.2, 0) is 16.0 Å². The molecule has 1 aliphatic rings. The number of carbonyl (C=O) groups excluding carboxylic acids is 2. The summed E-state index contributed by atoms with van der Waals surface area (Å²) in [5, 5.41) is 10.5. The molecular weight excluding hydrogens is 470 g/mol. The molecule has 2 aromatic rings. The summed E-state index contributed by atoms with van der Waals surface area (Å²) >= 11 is 12.7. The van der Waals surface area contributed by atoms with E-state index in [-0.39, 0.29) is 31.4 Å². The van der Waals surface area contributed by atoms with Gasteiger partial charge >= 0.3 is 0 Å². The van der Waals surface area contributed by atoms with E-state index in [0.29, 0.717) is 52.0 Å². The van der Waals surface area contributed by atoms with Gasteiger partial charge in [-0.15, -0.1) is 0 Å². The molecule has 1 aliphatic heterocycles. The summed E-state index contributed by atoms with van der Waals surface area (Å²) < 4.78 is 19.2. The van der Waals surface area contributed by atoms with Crippen LogP contribution < -0.4 is 4.74 Å². The minimum Gasteiger partial charge on any atom is -0.496 e. The molecule has 33 heavy (non-hydrogen) atoms. The smallest absolute Gasteiger partial charge is 0.246 e. The number of aryl methyl sites for hydroxylation is 1. The number of rotatable bonds is 7. The molecule has 6 nitrogen and oxygen atoms in total. The van der Waals surface area contributed by atoms with Crippen molar-refractivity contribution >= 4 is 35.0 Å². The van der Waals surface area contributed by atoms with Gasteiger partial charge in [-0.25, -0.2) is 4.39 Å². The van der Waals surface area contributed by atoms with Gasteiger partial charge in [0.25, 0.3) is 0 Å². The van der Waals surface area contributed by atoms with Crippen LogP contribution in [0.2, 0.25) is 10.0 Å². The predicted molar refractivity (Wildman–Crippen MR) is 126 cm³/mol. The fraction of sp³-hybridized carbons (Fsp3) is 0.333. The second kappa shape index (κ2) is 11.0. The number of aliphatic hydroxyl groups is 1. The van der Waals surface area contributed by atoms with Crippen molar-refractivity contribution in [3.8, 4) is 16.9 Å². The number of hydrogen-bond acceptors (Lipinski definition) is 4. The highest BCUT2D eigenvalue weighted by Gasteiger charge is 2.31. The molecule has 0 radical (unpaired) electrons. The van der Waals surface area contributed by atoms with Crippen LogP contribution in [0.3, 0.4) is 0 Å². The molecule has 1 heterocycles. The van der Waals surface area contributed by atoms with Gasteiger partial charge < -0.3 is 19.6 Å². The summed E-state index contributed by atoms with van der Waals surface area (Å²) in [6.07, 6.45) is 1.71. The first-order chi connectivity index (χ1) is 15.8. The molecule has 0 aromatic heterocycles. The Labute approximate surface area is 202 Å². The van der Waals surface area contributed by atoms with Gasteiger partial charge in [-0.3, -0.25) is 9.59 Å². The number of piperazine rings is 1. The Hall–Kier alpha value is -2.61. The summed E-state index contributed by atoms with van der Waals surface area (Å²) in [6.45, 7) is 4.18. The third-order valence-corrected chi connectivity index (χ3v) is 6.34. The first-order valence-corrected chi connectivity index (χ1v) is 11.2. The quantitative estimate of drug-likeness (QED) is 0.591. The molecule has 1 N–H and O–H groups in total. The second-order valence-electron chi connectivity index (χ2n) is 7.68. The maximum absolute atomic E-state index is 13.8. The Morgan fingerprint density at radius 3 is 2.61 bits per heavy atom. The number of halogens is 3. The van der Waals surface area contributed by atoms with Crippen LogP contribution in [0, 0.1) is 5.82 Å². The van der Waals surface area contributed by atoms with Crippen molar-refractivity contribution in [1.29, 1.82) is 0 Å². The lowest BCUT2D eigenvalue weighted by Gasteiger charge is -2.40. The molecule has 9 heteroatoms. The van der Waals surface area contributed by atoms with Crippen LogP contribution in [-0.4, -0.2) is 66.1 Å². The lowest BCUT2D eigenvalue weighted by atomic mass is 9.99. The summed E-state index contributed by atoms with van der Waals surface area (Å²) in [5.41, 5.74) is 1.70. The van der Waals surface area contributed by atoms with Crippen LogP contribution in [0.25, 0.3) is 11.1 Å². The molecule has 0 bridgehead atoms. The zero-order valence-corrected chi connectivity index (χ0v) is 19.7. The molecule has 0 saturated carbocycles. The van der Waals surface area contributed by atoms with E-state index in [2.05, 4.69) is 6.58 Å². The van der Waals surface area contributed by atoms with E-state index in [1.54, 1.807) is 21.9 Å². The van der Waals surface area contributed by atoms with E-state index < -0.39 is 11.9 Å². The average molecular weight is 495 g/mol. The lowest BCUT2D eigenvalue weighted by molar-refractivity contribution is -0.142. The highest BCUT2D eigenvalue weighted by molar-refractivity contribution is 6.36. The number of benzene rings is 2. The molecule has 2 aromatic carbocycles. The zero-order chi connectivity index (χ0) is 24.1. The Morgan fingerprint density at radius 2 is 1.94 bits per heavy atom. The Balaban J connectivity index is 1.79. The largest absolute Gasteiger partial charge is 0.496 e. The van der Waals surface area contributed by atoms with E-state index in [1.165, 1.54) is 31.4 Å². The molecule has 0 aliphatic carbocycles. The third kappa shape index (κ3) is 5.66. The summed E-state index contributed by atoms with van der Waals surface area (Å²) in [5.74, 6) is -0.316. The summed E-state index contributed by atoms with van der Waals surface area (Å²) in [4.78, 5) is 28.0. The Kier molecular flexibility index (Phi) is 8.35. The molecule has 1 fully saturated rings. The van der Waals surface area contributed by atoms with Gasteiger partial charge in [0, 0.05) is 42.2 Å². The third-order valence-electron chi connectivity index (χ3n) is 5.70. The van der Waals surface area contributed by atoms with Crippen LogP contribution >= 0.6 is 23.2 Å². The topological polar surface area (TPSA) is 70.1 Å². The van der Waals surface area contributed by atoms with Crippen molar-refractivity contribution < 1.29 is 23.8 Å². The first-order valence-electron chi connectivity index (χ1n) is 10.4. The maximum Gasteiger partial charge on any atom is 0.246 e. The number of carbonyl (C=O) groups is 2. The molecule has 176 valence electrons. The van der Waals surface area contributed by atoms with Crippen molar-refractivity contribution in [3.63, 3.8) is 0 Å². The molecule has 3 rings (SSSR count). The normalized spacial score (nSPS) is 16.0. The van der Waals surface area contributed by atoms with Crippen molar-refractivity contribution in [2.45, 2.75) is 18.9 Å². The van der Waals surface area contributed by atoms with Gasteiger partial charge in [0.1, 0.15) is 11.6 Å². The van der Waals surface area contributed by atoms with Crippen molar-refractivity contribution in [3.05, 3.63) is 64.4 Å². The fourth-order valence-corrected chi connectivity index (χ4v) is 4.42. The highest BCUT2D eigenvalue weighted by atomic mass is 35.5. The number of methoxy groups -OCH3 is 1. The van der Waals surface area contributed by atoms with Crippen LogP contribution in [0.5, 0.6) is 5.75 Å². The van der Waals surface area contributed by atoms with E-state index in [4.69, 9.17) is 27.9 Å². The van der Waals surface area contributed by atoms with E-state index in [1.807, 2.05) is 0 Å². The fourth-order valence-electron chi connectivity index (χ4n) is 3.95. The molecule has 0 spiro atoms. The maximum atomic E-state index is 13.8. The first kappa shape index (κ1) is 25.0. The summed E-state index contributed by atoms with van der Waals surface area (Å²) in [6, 6.07) is 6.92. The number of aliphatic hydroxyl groups excluding tert-OH is 1. The van der Waals surface area contributed by atoms with Crippen molar-refractivity contribution in [2.75, 3.05) is 33.4 Å². The van der Waals surface area contributed by atoms with Gasteiger partial charge in [0.2, 0.25) is 11.8 Å². The van der Waals surface area contributed by atoms with E-state index in [0.717, 1.165) is 0 Å². The summed E-state index contributed by atoms with van der Waals surface area (Å²) in [7, 11) is 1.50. The molecule has 1 atom stereocenters. The van der Waals surface area contributed by atoms with Crippen molar-refractivity contribution in [2.24, 2.45) is 0 Å². The van der Waals surface area contributed by atoms with Gasteiger partial charge in [-0.05, 0) is 48.4 Å². The standard InChI is InChI=1S/C24H25Cl2FN2O4/c1-3-23(31)28-8-9-29(17(13-28)14-30)24(32)7-4-15-10-18(21(26)12-22(15)33-2)19-11-16(27)5-6-20(19)25/h3,5-6,10-12,17,30H,1,4,7-9,13-14H2,2H3. The lowest BCUT2D eigenvalue weighted by Crippen LogP contribution is -2.57. The van der Waals surface area contributed by atoms with Gasteiger partial charge in [0.15, 0.2) is 0 Å². The van der Waals surface area contributed by atoms with Crippen LogP contribution in [0.15, 0.2) is 43.0 Å². The van der Waals surface area contributed by atoms with Crippen LogP contribution in [0.1, 0.15) is 12.0 Å². The Bertz CT molecular complexity index is 1060. The molecule has 2 amide bonds. The van der Waals surface area contributed by atoms with Crippen molar-refractivity contribution in [1.82, 2.24) is 9.80 Å². The number of amides is 2. The monoisotopic (exact) mass is 494 g/mol.